The highest BCUT2D eigenvalue weighted by Crippen LogP contribution is 2.01. The van der Waals surface area contributed by atoms with Crippen LogP contribution in [0.2, 0.25) is 0 Å². The van der Waals surface area contributed by atoms with Crippen LogP contribution in [-0.4, -0.2) is 11.7 Å². The van der Waals surface area contributed by atoms with Gasteiger partial charge in [0.1, 0.15) is 0 Å². The van der Waals surface area contributed by atoms with Crippen molar-refractivity contribution in [2.24, 2.45) is 5.92 Å². The molecule has 8 heavy (non-hydrogen) atoms. The van der Waals surface area contributed by atoms with Crippen LogP contribution in [0.15, 0.2) is 0 Å². The summed E-state index contributed by atoms with van der Waals surface area (Å²) in [5.74, 6) is 0.287. The van der Waals surface area contributed by atoms with Crippen molar-refractivity contribution >= 4 is 0 Å². The topological polar surface area (TPSA) is 44.0 Å². The third kappa shape index (κ3) is 3.63. The fourth-order valence-corrected chi connectivity index (χ4v) is 0.402. The minimum Gasteiger partial charge on any atom is -0.396 e. The first kappa shape index (κ1) is 7.45. The van der Waals surface area contributed by atoms with Crippen molar-refractivity contribution < 1.29 is 5.11 Å². The molecule has 0 saturated heterocycles. The van der Waals surface area contributed by atoms with Crippen LogP contribution in [-0.2, 0) is 0 Å². The molecule has 0 aliphatic rings. The molecule has 0 heterocycles. The molecule has 1 atom stereocenters. The fourth-order valence-electron chi connectivity index (χ4n) is 0.402. The predicted molar refractivity (Wildman–Crippen MR) is 31.1 cm³/mol. The molecule has 0 fully saturated rings. The van der Waals surface area contributed by atoms with Crippen molar-refractivity contribution in [2.75, 3.05) is 6.61 Å². The van der Waals surface area contributed by atoms with E-state index in [0.29, 0.717) is 6.42 Å². The lowest BCUT2D eigenvalue weighted by atomic mass is 10.1. The maximum Gasteiger partial charge on any atom is 0.0621 e. The lowest BCUT2D eigenvalue weighted by Crippen LogP contribution is -1.98. The average Bonchev–Trinajstić information content (AvgIpc) is 1.83. The zero-order valence-electron chi connectivity index (χ0n) is 5.09. The van der Waals surface area contributed by atoms with E-state index in [1.54, 1.807) is 0 Å². The molecule has 0 aromatic rings. The van der Waals surface area contributed by atoms with E-state index in [1.807, 2.05) is 13.0 Å². The Morgan fingerprint density at radius 1 is 1.75 bits per heavy atom. The summed E-state index contributed by atoms with van der Waals surface area (Å²) in [6.07, 6.45) is 1.37. The molecule has 0 aliphatic carbocycles. The molecular formula is C6H11NO. The first-order chi connectivity index (χ1) is 3.81. The van der Waals surface area contributed by atoms with Gasteiger partial charge >= 0.3 is 0 Å². The largest absolute Gasteiger partial charge is 0.396 e. The van der Waals surface area contributed by atoms with Crippen molar-refractivity contribution in [3.63, 3.8) is 0 Å². The molecule has 0 bridgehead atoms. The van der Waals surface area contributed by atoms with Gasteiger partial charge in [0.2, 0.25) is 0 Å². The first-order valence-electron chi connectivity index (χ1n) is 2.79. The number of aliphatic hydroxyl groups excluding tert-OH is 1. The van der Waals surface area contributed by atoms with Crippen LogP contribution in [0.5, 0.6) is 0 Å². The number of nitriles is 1. The van der Waals surface area contributed by atoms with Crippen LogP contribution in [0.3, 0.4) is 0 Å². The minimum absolute atomic E-state index is 0.196. The molecule has 0 radical (unpaired) electrons. The molecule has 1 N–H and O–H groups in total. The monoisotopic (exact) mass is 113 g/mol. The van der Waals surface area contributed by atoms with Crippen LogP contribution in [0.4, 0.5) is 0 Å². The highest BCUT2D eigenvalue weighted by Gasteiger charge is 1.96. The number of nitrogens with zero attached hydrogens (tertiary/aromatic N) is 1. The van der Waals surface area contributed by atoms with Gasteiger partial charge in [0.25, 0.3) is 0 Å². The van der Waals surface area contributed by atoms with Gasteiger partial charge in [-0.05, 0) is 12.3 Å². The van der Waals surface area contributed by atoms with Crippen molar-refractivity contribution in [3.8, 4) is 6.07 Å². The van der Waals surface area contributed by atoms with Crippen LogP contribution in [0.1, 0.15) is 19.8 Å². The highest BCUT2D eigenvalue weighted by molar-refractivity contribution is 4.69. The number of hydrogen-bond acceptors (Lipinski definition) is 2. The Labute approximate surface area is 49.8 Å². The summed E-state index contributed by atoms with van der Waals surface area (Å²) >= 11 is 0. The summed E-state index contributed by atoms with van der Waals surface area (Å²) in [7, 11) is 0. The second kappa shape index (κ2) is 4.61. The van der Waals surface area contributed by atoms with Gasteiger partial charge in [0, 0.05) is 13.0 Å². The van der Waals surface area contributed by atoms with Gasteiger partial charge in [-0.15, -0.1) is 0 Å². The molecule has 1 unspecified atom stereocenters. The zero-order valence-corrected chi connectivity index (χ0v) is 5.09. The molecule has 0 aromatic carbocycles. The van der Waals surface area contributed by atoms with E-state index in [-0.39, 0.29) is 12.5 Å². The Bertz CT molecular complexity index is 85.0. The molecule has 2 heteroatoms. The van der Waals surface area contributed by atoms with Crippen molar-refractivity contribution in [3.05, 3.63) is 0 Å². The van der Waals surface area contributed by atoms with Gasteiger partial charge in [0.15, 0.2) is 0 Å². The summed E-state index contributed by atoms with van der Waals surface area (Å²) in [5, 5.41) is 16.5. The fraction of sp³-hybridized carbons (Fsp3) is 0.833. The average molecular weight is 113 g/mol. The van der Waals surface area contributed by atoms with E-state index in [4.69, 9.17) is 10.4 Å². The van der Waals surface area contributed by atoms with Crippen LogP contribution < -0.4 is 0 Å². The van der Waals surface area contributed by atoms with Gasteiger partial charge in [-0.3, -0.25) is 0 Å². The summed E-state index contributed by atoms with van der Waals surface area (Å²) < 4.78 is 0. The number of aliphatic hydroxyl groups is 1. The quantitative estimate of drug-likeness (QED) is 0.591. The van der Waals surface area contributed by atoms with Crippen molar-refractivity contribution in [2.45, 2.75) is 19.8 Å². The summed E-state index contributed by atoms with van der Waals surface area (Å²) in [6.45, 7) is 2.12. The Morgan fingerprint density at radius 2 is 2.38 bits per heavy atom. The maximum absolute atomic E-state index is 8.45. The molecule has 46 valence electrons. The van der Waals surface area contributed by atoms with E-state index in [0.717, 1.165) is 6.42 Å². The second-order valence-corrected chi connectivity index (χ2v) is 1.98. The Morgan fingerprint density at radius 3 is 2.75 bits per heavy atom. The molecular weight excluding hydrogens is 102 g/mol. The highest BCUT2D eigenvalue weighted by atomic mass is 16.3. The Kier molecular flexibility index (Phi) is 4.29. The van der Waals surface area contributed by atoms with Crippen molar-refractivity contribution in [1.82, 2.24) is 0 Å². The van der Waals surface area contributed by atoms with Gasteiger partial charge in [0.05, 0.1) is 6.07 Å². The maximum atomic E-state index is 8.45. The lowest BCUT2D eigenvalue weighted by molar-refractivity contribution is 0.231. The van der Waals surface area contributed by atoms with Gasteiger partial charge in [-0.25, -0.2) is 0 Å². The third-order valence-corrected chi connectivity index (χ3v) is 1.06. The molecule has 0 aliphatic heterocycles. The van der Waals surface area contributed by atoms with Gasteiger partial charge < -0.3 is 5.11 Å². The minimum atomic E-state index is 0.196. The number of rotatable bonds is 3. The van der Waals surface area contributed by atoms with Crippen molar-refractivity contribution in [1.29, 1.82) is 5.26 Å². The first-order valence-corrected chi connectivity index (χ1v) is 2.79. The molecule has 0 spiro atoms. The summed E-state index contributed by atoms with van der Waals surface area (Å²) in [4.78, 5) is 0. The van der Waals surface area contributed by atoms with Crippen LogP contribution >= 0.6 is 0 Å². The zero-order chi connectivity index (χ0) is 6.41. The standard InChI is InChI=1S/C6H11NO/c1-6(5-8)3-2-4-7/h6,8H,2-3,5H2,1H3. The SMILES string of the molecule is CC(CO)CCC#N. The molecule has 0 saturated carbocycles. The van der Waals surface area contributed by atoms with Crippen LogP contribution in [0.25, 0.3) is 0 Å². The molecule has 2 nitrogen and oxygen atoms in total. The molecule has 0 amide bonds. The van der Waals surface area contributed by atoms with E-state index >= 15 is 0 Å². The summed E-state index contributed by atoms with van der Waals surface area (Å²) in [5.41, 5.74) is 0. The third-order valence-electron chi connectivity index (χ3n) is 1.06. The Hall–Kier alpha value is -0.550. The predicted octanol–water partition coefficient (Wildman–Crippen LogP) is 0.919. The normalized spacial score (nSPS) is 12.6. The van der Waals surface area contributed by atoms with Gasteiger partial charge in [-0.1, -0.05) is 6.92 Å². The Balaban J connectivity index is 3.01. The lowest BCUT2D eigenvalue weighted by Gasteiger charge is -2.00. The number of hydrogen-bond donors (Lipinski definition) is 1. The van der Waals surface area contributed by atoms with E-state index in [1.165, 1.54) is 0 Å². The van der Waals surface area contributed by atoms with E-state index in [2.05, 4.69) is 0 Å². The van der Waals surface area contributed by atoms with Gasteiger partial charge in [-0.2, -0.15) is 5.26 Å². The van der Waals surface area contributed by atoms with Crippen LogP contribution in [0, 0.1) is 17.2 Å². The summed E-state index contributed by atoms with van der Waals surface area (Å²) in [6, 6.07) is 2.02. The molecule has 0 rings (SSSR count). The van der Waals surface area contributed by atoms with E-state index < -0.39 is 0 Å². The second-order valence-electron chi connectivity index (χ2n) is 1.98. The van der Waals surface area contributed by atoms with E-state index in [9.17, 15) is 0 Å². The molecule has 0 aromatic heterocycles. The smallest absolute Gasteiger partial charge is 0.0621 e.